The van der Waals surface area contributed by atoms with Crippen molar-refractivity contribution in [3.63, 3.8) is 0 Å². The minimum atomic E-state index is -4.63. The first-order valence-corrected chi connectivity index (χ1v) is 7.70. The Morgan fingerprint density at radius 1 is 1.00 bits per heavy atom. The standard InChI is InChI=1S/C17H27F3O2/c1-14(2)8-11(9-15(3,4)10-14)12(21)7-13(22)16(5,6)17(18,19)20/h11H,7-10H2,1-6H3. The normalized spacial score (nSPS) is 22.4. The van der Waals surface area contributed by atoms with Crippen LogP contribution in [0.15, 0.2) is 0 Å². The molecule has 0 atom stereocenters. The number of hydrogen-bond donors (Lipinski definition) is 0. The average molecular weight is 320 g/mol. The van der Waals surface area contributed by atoms with E-state index in [1.807, 2.05) is 0 Å². The first kappa shape index (κ1) is 19.2. The molecule has 0 radical (unpaired) electrons. The molecule has 0 bridgehead atoms. The number of hydrogen-bond acceptors (Lipinski definition) is 2. The lowest BCUT2D eigenvalue weighted by molar-refractivity contribution is -0.210. The van der Waals surface area contributed by atoms with E-state index in [4.69, 9.17) is 0 Å². The predicted molar refractivity (Wildman–Crippen MR) is 79.4 cm³/mol. The van der Waals surface area contributed by atoms with E-state index in [2.05, 4.69) is 27.7 Å². The molecule has 2 nitrogen and oxygen atoms in total. The summed E-state index contributed by atoms with van der Waals surface area (Å²) < 4.78 is 38.7. The van der Waals surface area contributed by atoms with Crippen LogP contribution in [0.4, 0.5) is 13.2 Å². The van der Waals surface area contributed by atoms with Gasteiger partial charge in [0.05, 0.1) is 6.42 Å². The molecule has 0 aromatic carbocycles. The summed E-state index contributed by atoms with van der Waals surface area (Å²) in [5, 5.41) is 0. The Hall–Kier alpha value is -0.870. The van der Waals surface area contributed by atoms with E-state index in [-0.39, 0.29) is 22.5 Å². The highest BCUT2D eigenvalue weighted by atomic mass is 19.4. The van der Waals surface area contributed by atoms with Crippen LogP contribution in [0.3, 0.4) is 0 Å². The fraction of sp³-hybridized carbons (Fsp3) is 0.882. The number of Topliss-reactive ketones (excluding diaryl/α,β-unsaturated/α-hetero) is 2. The minimum absolute atomic E-state index is 0.0370. The van der Waals surface area contributed by atoms with Crippen LogP contribution >= 0.6 is 0 Å². The third-order valence-electron chi connectivity index (χ3n) is 4.75. The molecule has 0 unspecified atom stereocenters. The molecule has 1 rings (SSSR count). The van der Waals surface area contributed by atoms with Crippen LogP contribution in [-0.2, 0) is 9.59 Å². The molecule has 0 aromatic heterocycles. The Labute approximate surface area is 130 Å². The summed E-state index contributed by atoms with van der Waals surface area (Å²) in [4.78, 5) is 24.3. The summed E-state index contributed by atoms with van der Waals surface area (Å²) in [5.74, 6) is -1.71. The highest BCUT2D eigenvalue weighted by Gasteiger charge is 2.53. The molecular formula is C17H27F3O2. The van der Waals surface area contributed by atoms with E-state index < -0.39 is 23.8 Å². The quantitative estimate of drug-likeness (QED) is 0.686. The fourth-order valence-corrected chi connectivity index (χ4v) is 3.76. The van der Waals surface area contributed by atoms with Crippen LogP contribution in [0.25, 0.3) is 0 Å². The second kappa shape index (κ2) is 5.64. The molecule has 1 saturated carbocycles. The summed E-state index contributed by atoms with van der Waals surface area (Å²) in [6.45, 7) is 9.95. The zero-order chi connectivity index (χ0) is 17.6. The van der Waals surface area contributed by atoms with Gasteiger partial charge < -0.3 is 0 Å². The second-order valence-corrected chi connectivity index (χ2v) is 8.80. The van der Waals surface area contributed by atoms with Crippen LogP contribution in [0.5, 0.6) is 0 Å². The lowest BCUT2D eigenvalue weighted by Crippen LogP contribution is -2.42. The monoisotopic (exact) mass is 320 g/mol. The molecule has 0 aromatic rings. The molecule has 0 saturated heterocycles. The lowest BCUT2D eigenvalue weighted by atomic mass is 9.60. The fourth-order valence-electron chi connectivity index (χ4n) is 3.76. The zero-order valence-corrected chi connectivity index (χ0v) is 14.4. The number of alkyl halides is 3. The molecule has 0 heterocycles. The highest BCUT2D eigenvalue weighted by molar-refractivity contribution is 6.02. The third kappa shape index (κ3) is 4.32. The molecule has 0 N–H and O–H groups in total. The van der Waals surface area contributed by atoms with Gasteiger partial charge in [-0.1, -0.05) is 27.7 Å². The Bertz CT molecular complexity index is 443. The summed E-state index contributed by atoms with van der Waals surface area (Å²) in [5.41, 5.74) is -2.54. The highest BCUT2D eigenvalue weighted by Crippen LogP contribution is 2.49. The molecule has 128 valence electrons. The van der Waals surface area contributed by atoms with Crippen molar-refractivity contribution in [3.05, 3.63) is 0 Å². The van der Waals surface area contributed by atoms with Crippen molar-refractivity contribution in [3.8, 4) is 0 Å². The van der Waals surface area contributed by atoms with Crippen molar-refractivity contribution in [2.45, 2.75) is 73.4 Å². The van der Waals surface area contributed by atoms with Crippen molar-refractivity contribution >= 4 is 11.6 Å². The van der Waals surface area contributed by atoms with Gasteiger partial charge in [-0.15, -0.1) is 0 Å². The molecule has 1 aliphatic rings. The number of carbonyl (C=O) groups excluding carboxylic acids is 2. The van der Waals surface area contributed by atoms with Crippen LogP contribution < -0.4 is 0 Å². The third-order valence-corrected chi connectivity index (χ3v) is 4.75. The van der Waals surface area contributed by atoms with E-state index in [1.165, 1.54) is 0 Å². The number of halogens is 3. The van der Waals surface area contributed by atoms with Gasteiger partial charge in [-0.2, -0.15) is 13.2 Å². The van der Waals surface area contributed by atoms with Crippen LogP contribution in [0.2, 0.25) is 0 Å². The van der Waals surface area contributed by atoms with Crippen LogP contribution in [-0.4, -0.2) is 17.7 Å². The first-order chi connectivity index (χ1) is 9.57. The minimum Gasteiger partial charge on any atom is -0.299 e. The van der Waals surface area contributed by atoms with Gasteiger partial charge in [-0.3, -0.25) is 9.59 Å². The summed E-state index contributed by atoms with van der Waals surface area (Å²) >= 11 is 0. The largest absolute Gasteiger partial charge is 0.400 e. The molecule has 1 fully saturated rings. The maximum Gasteiger partial charge on any atom is 0.400 e. The number of ketones is 2. The van der Waals surface area contributed by atoms with E-state index in [1.54, 1.807) is 0 Å². The molecule has 22 heavy (non-hydrogen) atoms. The van der Waals surface area contributed by atoms with Crippen molar-refractivity contribution < 1.29 is 22.8 Å². The molecule has 0 spiro atoms. The van der Waals surface area contributed by atoms with E-state index >= 15 is 0 Å². The van der Waals surface area contributed by atoms with Gasteiger partial charge in [0.25, 0.3) is 0 Å². The van der Waals surface area contributed by atoms with E-state index in [9.17, 15) is 22.8 Å². The van der Waals surface area contributed by atoms with Crippen LogP contribution in [0, 0.1) is 22.2 Å². The van der Waals surface area contributed by atoms with Gasteiger partial charge >= 0.3 is 6.18 Å². The molecule has 1 aliphatic carbocycles. The maximum atomic E-state index is 12.9. The Balaban J connectivity index is 2.83. The topological polar surface area (TPSA) is 34.1 Å². The SMILES string of the molecule is CC1(C)CC(C(=O)CC(=O)C(C)(C)C(F)(F)F)CC(C)(C)C1. The maximum absolute atomic E-state index is 12.9. The van der Waals surface area contributed by atoms with Gasteiger partial charge in [0.15, 0.2) is 5.78 Å². The summed E-state index contributed by atoms with van der Waals surface area (Å²) in [6, 6.07) is 0. The van der Waals surface area contributed by atoms with Gasteiger partial charge in [-0.05, 0) is 43.9 Å². The van der Waals surface area contributed by atoms with Crippen molar-refractivity contribution in [2.24, 2.45) is 22.2 Å². The number of carbonyl (C=O) groups is 2. The predicted octanol–water partition coefficient (Wildman–Crippen LogP) is 4.96. The Morgan fingerprint density at radius 3 is 1.77 bits per heavy atom. The van der Waals surface area contributed by atoms with Crippen molar-refractivity contribution in [2.75, 3.05) is 0 Å². The Kier molecular flexibility index (Phi) is 4.92. The van der Waals surface area contributed by atoms with Crippen molar-refractivity contribution in [1.82, 2.24) is 0 Å². The van der Waals surface area contributed by atoms with Gasteiger partial charge in [0.2, 0.25) is 0 Å². The lowest BCUT2D eigenvalue weighted by Gasteiger charge is -2.44. The first-order valence-electron chi connectivity index (χ1n) is 7.70. The summed E-state index contributed by atoms with van der Waals surface area (Å²) in [7, 11) is 0. The average Bonchev–Trinajstić information content (AvgIpc) is 2.22. The second-order valence-electron chi connectivity index (χ2n) is 8.80. The van der Waals surface area contributed by atoms with Crippen molar-refractivity contribution in [1.29, 1.82) is 0 Å². The molecule has 5 heteroatoms. The van der Waals surface area contributed by atoms with E-state index in [0.717, 1.165) is 20.3 Å². The molecule has 0 amide bonds. The van der Waals surface area contributed by atoms with Gasteiger partial charge in [0.1, 0.15) is 11.2 Å². The summed E-state index contributed by atoms with van der Waals surface area (Å²) in [6.07, 6.45) is -3.02. The Morgan fingerprint density at radius 2 is 1.41 bits per heavy atom. The zero-order valence-electron chi connectivity index (χ0n) is 14.4. The van der Waals surface area contributed by atoms with Crippen LogP contribution in [0.1, 0.15) is 67.2 Å². The smallest absolute Gasteiger partial charge is 0.299 e. The van der Waals surface area contributed by atoms with E-state index in [0.29, 0.717) is 12.8 Å². The molecular weight excluding hydrogens is 293 g/mol. The molecule has 0 aliphatic heterocycles. The number of rotatable bonds is 4. The van der Waals surface area contributed by atoms with Gasteiger partial charge in [0, 0.05) is 5.92 Å². The van der Waals surface area contributed by atoms with Gasteiger partial charge in [-0.25, -0.2) is 0 Å².